The van der Waals surface area contributed by atoms with Crippen LogP contribution in [0.3, 0.4) is 0 Å². The van der Waals surface area contributed by atoms with Crippen molar-refractivity contribution in [3.63, 3.8) is 0 Å². The summed E-state index contributed by atoms with van der Waals surface area (Å²) in [7, 11) is 0. The number of rotatable bonds is 0. The van der Waals surface area contributed by atoms with Gasteiger partial charge in [-0.2, -0.15) is 0 Å². The first-order valence-corrected chi connectivity index (χ1v) is 3.58. The molecule has 1 amide bonds. The molecule has 2 fully saturated rings. The van der Waals surface area contributed by atoms with Crippen LogP contribution in [0.15, 0.2) is 0 Å². The van der Waals surface area contributed by atoms with Gasteiger partial charge in [-0.1, -0.05) is 6.42 Å². The van der Waals surface area contributed by atoms with Crippen LogP contribution >= 0.6 is 0 Å². The highest BCUT2D eigenvalue weighted by molar-refractivity contribution is 5.79. The van der Waals surface area contributed by atoms with E-state index in [2.05, 4.69) is 5.32 Å². The molecule has 1 N–H and O–H groups in total. The monoisotopic (exact) mass is 125 g/mol. The Kier molecular flexibility index (Phi) is 0.875. The number of carbonyl (C=O) groups is 1. The van der Waals surface area contributed by atoms with Gasteiger partial charge in [0.25, 0.3) is 0 Å². The highest BCUT2D eigenvalue weighted by atomic mass is 16.1. The van der Waals surface area contributed by atoms with Gasteiger partial charge in [-0.15, -0.1) is 0 Å². The minimum absolute atomic E-state index is 0.259. The van der Waals surface area contributed by atoms with Crippen molar-refractivity contribution >= 4 is 5.91 Å². The predicted molar refractivity (Wildman–Crippen MR) is 33.9 cm³/mol. The van der Waals surface area contributed by atoms with E-state index < -0.39 is 0 Å². The van der Waals surface area contributed by atoms with Gasteiger partial charge in [-0.05, 0) is 18.3 Å². The Bertz CT molecular complexity index is 149. The quantitative estimate of drug-likeness (QED) is 0.506. The molecule has 50 valence electrons. The molecule has 0 atom stereocenters. The molecule has 1 saturated carbocycles. The average molecular weight is 125 g/mol. The van der Waals surface area contributed by atoms with Crippen molar-refractivity contribution in [2.75, 3.05) is 6.54 Å². The van der Waals surface area contributed by atoms with Crippen molar-refractivity contribution in [1.29, 1.82) is 0 Å². The zero-order valence-electron chi connectivity index (χ0n) is 5.44. The summed E-state index contributed by atoms with van der Waals surface area (Å²) in [6.07, 6.45) is 4.67. The van der Waals surface area contributed by atoms with Crippen LogP contribution in [0.1, 0.15) is 25.7 Å². The maximum Gasteiger partial charge on any atom is 0.220 e. The first kappa shape index (κ1) is 5.27. The molecule has 0 aromatic heterocycles. The van der Waals surface area contributed by atoms with Crippen LogP contribution in [-0.2, 0) is 4.79 Å². The normalized spacial score (nSPS) is 30.0. The van der Waals surface area contributed by atoms with Crippen molar-refractivity contribution in [2.24, 2.45) is 5.41 Å². The topological polar surface area (TPSA) is 29.1 Å². The Morgan fingerprint density at radius 3 is 2.44 bits per heavy atom. The smallest absolute Gasteiger partial charge is 0.220 e. The molecule has 1 aliphatic heterocycles. The standard InChI is InChI=1S/C7H11NO/c9-6-4-7(5-8-6)2-1-3-7/h1-5H2,(H,8,9). The van der Waals surface area contributed by atoms with Crippen molar-refractivity contribution in [2.45, 2.75) is 25.7 Å². The third-order valence-corrected chi connectivity index (χ3v) is 2.61. The number of amides is 1. The van der Waals surface area contributed by atoms with Gasteiger partial charge in [0.2, 0.25) is 5.91 Å². The van der Waals surface area contributed by atoms with E-state index in [4.69, 9.17) is 0 Å². The fraction of sp³-hybridized carbons (Fsp3) is 0.857. The molecule has 1 heterocycles. The van der Waals surface area contributed by atoms with Gasteiger partial charge < -0.3 is 5.32 Å². The van der Waals surface area contributed by atoms with Crippen LogP contribution in [-0.4, -0.2) is 12.5 Å². The number of hydrogen-bond acceptors (Lipinski definition) is 1. The van der Waals surface area contributed by atoms with Gasteiger partial charge in [0.1, 0.15) is 0 Å². The first-order valence-electron chi connectivity index (χ1n) is 3.58. The summed E-state index contributed by atoms with van der Waals surface area (Å²) in [5, 5.41) is 2.87. The Morgan fingerprint density at radius 2 is 2.22 bits per heavy atom. The molecule has 1 aliphatic carbocycles. The summed E-state index contributed by atoms with van der Waals surface area (Å²) >= 11 is 0. The van der Waals surface area contributed by atoms with Crippen LogP contribution < -0.4 is 5.32 Å². The van der Waals surface area contributed by atoms with E-state index in [1.54, 1.807) is 0 Å². The first-order chi connectivity index (χ1) is 4.31. The average Bonchev–Trinajstić information content (AvgIpc) is 2.09. The van der Waals surface area contributed by atoms with Gasteiger partial charge in [0.05, 0.1) is 0 Å². The number of hydrogen-bond donors (Lipinski definition) is 1. The Hall–Kier alpha value is -0.530. The van der Waals surface area contributed by atoms with Gasteiger partial charge in [-0.25, -0.2) is 0 Å². The predicted octanol–water partition coefficient (Wildman–Crippen LogP) is 0.677. The van der Waals surface area contributed by atoms with Crippen molar-refractivity contribution in [3.05, 3.63) is 0 Å². The third-order valence-electron chi connectivity index (χ3n) is 2.61. The second-order valence-corrected chi connectivity index (χ2v) is 3.31. The molecule has 2 aliphatic rings. The summed E-state index contributed by atoms with van der Waals surface area (Å²) in [5.74, 6) is 0.259. The molecule has 2 rings (SSSR count). The highest BCUT2D eigenvalue weighted by Gasteiger charge is 2.42. The Labute approximate surface area is 54.6 Å². The fourth-order valence-corrected chi connectivity index (χ4v) is 1.78. The molecular weight excluding hydrogens is 114 g/mol. The molecule has 0 aromatic rings. The van der Waals surface area contributed by atoms with E-state index in [0.29, 0.717) is 5.41 Å². The number of carbonyl (C=O) groups excluding carboxylic acids is 1. The molecule has 0 aromatic carbocycles. The van der Waals surface area contributed by atoms with Crippen LogP contribution in [0, 0.1) is 5.41 Å². The van der Waals surface area contributed by atoms with E-state index in [9.17, 15) is 4.79 Å². The molecule has 0 unspecified atom stereocenters. The molecule has 9 heavy (non-hydrogen) atoms. The zero-order valence-corrected chi connectivity index (χ0v) is 5.44. The second kappa shape index (κ2) is 1.49. The fourth-order valence-electron chi connectivity index (χ4n) is 1.78. The van der Waals surface area contributed by atoms with Gasteiger partial charge in [0.15, 0.2) is 0 Å². The number of nitrogens with one attached hydrogen (secondary N) is 1. The van der Waals surface area contributed by atoms with Gasteiger partial charge >= 0.3 is 0 Å². The van der Waals surface area contributed by atoms with Crippen LogP contribution in [0.5, 0.6) is 0 Å². The van der Waals surface area contributed by atoms with Crippen molar-refractivity contribution < 1.29 is 4.79 Å². The SMILES string of the molecule is O=C1CC2(CCC2)CN1. The Balaban J connectivity index is 2.07. The molecule has 1 spiro atoms. The second-order valence-electron chi connectivity index (χ2n) is 3.31. The maximum absolute atomic E-state index is 10.7. The van der Waals surface area contributed by atoms with Crippen LogP contribution in [0.25, 0.3) is 0 Å². The van der Waals surface area contributed by atoms with Crippen molar-refractivity contribution in [1.82, 2.24) is 5.32 Å². The van der Waals surface area contributed by atoms with Gasteiger partial charge in [-0.3, -0.25) is 4.79 Å². The molecule has 2 heteroatoms. The molecule has 2 nitrogen and oxygen atoms in total. The summed E-state index contributed by atoms with van der Waals surface area (Å²) in [6.45, 7) is 0.950. The maximum atomic E-state index is 10.7. The molecule has 0 radical (unpaired) electrons. The van der Waals surface area contributed by atoms with Crippen molar-refractivity contribution in [3.8, 4) is 0 Å². The highest BCUT2D eigenvalue weighted by Crippen LogP contribution is 2.45. The minimum Gasteiger partial charge on any atom is -0.356 e. The van der Waals surface area contributed by atoms with E-state index in [0.717, 1.165) is 13.0 Å². The molecule has 1 saturated heterocycles. The lowest BCUT2D eigenvalue weighted by molar-refractivity contribution is -0.120. The van der Waals surface area contributed by atoms with E-state index >= 15 is 0 Å². The summed E-state index contributed by atoms with van der Waals surface area (Å²) in [5.41, 5.74) is 0.428. The Morgan fingerprint density at radius 1 is 1.44 bits per heavy atom. The summed E-state index contributed by atoms with van der Waals surface area (Å²) < 4.78 is 0. The zero-order chi connectivity index (χ0) is 6.32. The molecular formula is C7H11NO. The lowest BCUT2D eigenvalue weighted by atomic mass is 9.68. The van der Waals surface area contributed by atoms with Gasteiger partial charge in [0, 0.05) is 13.0 Å². The molecule has 0 bridgehead atoms. The summed E-state index contributed by atoms with van der Waals surface area (Å²) in [6, 6.07) is 0. The minimum atomic E-state index is 0.259. The largest absolute Gasteiger partial charge is 0.356 e. The van der Waals surface area contributed by atoms with E-state index in [1.165, 1.54) is 19.3 Å². The van der Waals surface area contributed by atoms with Crippen LogP contribution in [0.4, 0.5) is 0 Å². The lowest BCUT2D eigenvalue weighted by Gasteiger charge is -2.36. The summed E-state index contributed by atoms with van der Waals surface area (Å²) in [4.78, 5) is 10.7. The lowest BCUT2D eigenvalue weighted by Crippen LogP contribution is -2.31. The third kappa shape index (κ3) is 0.655. The van der Waals surface area contributed by atoms with E-state index in [1.807, 2.05) is 0 Å². The van der Waals surface area contributed by atoms with Crippen LogP contribution in [0.2, 0.25) is 0 Å². The van der Waals surface area contributed by atoms with E-state index in [-0.39, 0.29) is 5.91 Å².